The molecule has 98 valence electrons. The van der Waals surface area contributed by atoms with Gasteiger partial charge in [-0.2, -0.15) is 0 Å². The molecule has 2 nitrogen and oxygen atoms in total. The molecule has 2 N–H and O–H groups in total. The zero-order valence-corrected chi connectivity index (χ0v) is 12.8. The predicted molar refractivity (Wildman–Crippen MR) is 76.4 cm³/mol. The molecule has 1 aromatic heterocycles. The molecule has 0 aliphatic rings. The van der Waals surface area contributed by atoms with E-state index >= 15 is 0 Å². The summed E-state index contributed by atoms with van der Waals surface area (Å²) < 4.78 is 0. The van der Waals surface area contributed by atoms with Crippen LogP contribution in [0.3, 0.4) is 0 Å². The summed E-state index contributed by atoms with van der Waals surface area (Å²) >= 11 is 1.77. The third-order valence-corrected chi connectivity index (χ3v) is 4.51. The molecule has 1 rings (SSSR count). The van der Waals surface area contributed by atoms with E-state index in [-0.39, 0.29) is 5.54 Å². The topological polar surface area (TPSA) is 38.9 Å². The van der Waals surface area contributed by atoms with Crippen LogP contribution in [0, 0.1) is 11.8 Å². The van der Waals surface area contributed by atoms with Crippen molar-refractivity contribution >= 4 is 11.3 Å². The molecular weight excluding hydrogens is 228 g/mol. The van der Waals surface area contributed by atoms with Gasteiger partial charge in [0.25, 0.3) is 0 Å². The van der Waals surface area contributed by atoms with Crippen LogP contribution in [0.4, 0.5) is 0 Å². The Balaban J connectivity index is 3.01. The van der Waals surface area contributed by atoms with E-state index in [1.165, 1.54) is 5.01 Å². The molecule has 17 heavy (non-hydrogen) atoms. The van der Waals surface area contributed by atoms with Gasteiger partial charge in [0.15, 0.2) is 0 Å². The first-order chi connectivity index (χ1) is 7.79. The van der Waals surface area contributed by atoms with Crippen LogP contribution in [0.1, 0.15) is 64.6 Å². The van der Waals surface area contributed by atoms with Gasteiger partial charge in [0.1, 0.15) is 0 Å². The van der Waals surface area contributed by atoms with Gasteiger partial charge in [0, 0.05) is 11.3 Å². The highest BCUT2D eigenvalue weighted by atomic mass is 32.1. The second-order valence-electron chi connectivity index (χ2n) is 5.86. The minimum atomic E-state index is -0.284. The van der Waals surface area contributed by atoms with Gasteiger partial charge in [0.2, 0.25) is 0 Å². The minimum absolute atomic E-state index is 0.284. The average molecular weight is 254 g/mol. The fraction of sp³-hybridized carbons (Fsp3) is 0.786. The van der Waals surface area contributed by atoms with Gasteiger partial charge in [-0.15, -0.1) is 11.3 Å². The molecule has 1 unspecified atom stereocenters. The van der Waals surface area contributed by atoms with Crippen molar-refractivity contribution in [3.05, 3.63) is 16.1 Å². The van der Waals surface area contributed by atoms with Crippen molar-refractivity contribution in [2.24, 2.45) is 17.6 Å². The Kier molecular flexibility index (Phi) is 4.73. The lowest BCUT2D eigenvalue weighted by atomic mass is 9.86. The summed E-state index contributed by atoms with van der Waals surface area (Å²) in [6.45, 7) is 13.3. The number of nitrogens with two attached hydrogens (primary N) is 1. The minimum Gasteiger partial charge on any atom is -0.320 e. The van der Waals surface area contributed by atoms with Crippen molar-refractivity contribution < 1.29 is 0 Å². The highest BCUT2D eigenvalue weighted by Crippen LogP contribution is 2.35. The maximum Gasteiger partial charge on any atom is 0.0965 e. The molecular formula is C14H26N2S. The Bertz CT molecular complexity index is 345. The van der Waals surface area contributed by atoms with E-state index in [0.717, 1.165) is 12.1 Å². The molecule has 0 amide bonds. The largest absolute Gasteiger partial charge is 0.320 e. The fourth-order valence-corrected chi connectivity index (χ4v) is 3.63. The Morgan fingerprint density at radius 2 is 1.82 bits per heavy atom. The van der Waals surface area contributed by atoms with Crippen LogP contribution in [-0.4, -0.2) is 4.98 Å². The Morgan fingerprint density at radius 3 is 2.24 bits per heavy atom. The lowest BCUT2D eigenvalue weighted by Gasteiger charge is -2.23. The van der Waals surface area contributed by atoms with E-state index in [9.17, 15) is 0 Å². The molecule has 1 aromatic rings. The SMILES string of the molecule is CCC(C)(N)c1csc(C(C(C)C)C(C)C)n1. The van der Waals surface area contributed by atoms with E-state index in [1.807, 2.05) is 0 Å². The van der Waals surface area contributed by atoms with Gasteiger partial charge >= 0.3 is 0 Å². The molecule has 0 saturated heterocycles. The smallest absolute Gasteiger partial charge is 0.0965 e. The summed E-state index contributed by atoms with van der Waals surface area (Å²) in [4.78, 5) is 4.79. The van der Waals surface area contributed by atoms with E-state index in [4.69, 9.17) is 10.7 Å². The highest BCUT2D eigenvalue weighted by Gasteiger charge is 2.27. The molecule has 1 atom stereocenters. The van der Waals surface area contributed by atoms with Gasteiger partial charge in [-0.3, -0.25) is 0 Å². The van der Waals surface area contributed by atoms with Crippen molar-refractivity contribution in [1.29, 1.82) is 0 Å². The van der Waals surface area contributed by atoms with Crippen molar-refractivity contribution in [2.45, 2.75) is 59.4 Å². The lowest BCUT2D eigenvalue weighted by molar-refractivity contribution is 0.382. The van der Waals surface area contributed by atoms with Gasteiger partial charge in [-0.1, -0.05) is 34.6 Å². The van der Waals surface area contributed by atoms with Gasteiger partial charge in [-0.05, 0) is 25.2 Å². The van der Waals surface area contributed by atoms with Crippen molar-refractivity contribution in [3.63, 3.8) is 0 Å². The van der Waals surface area contributed by atoms with Crippen LogP contribution >= 0.6 is 11.3 Å². The molecule has 0 aliphatic heterocycles. The van der Waals surface area contributed by atoms with E-state index < -0.39 is 0 Å². The molecule has 3 heteroatoms. The predicted octanol–water partition coefficient (Wildman–Crippen LogP) is 4.12. The number of hydrogen-bond donors (Lipinski definition) is 1. The van der Waals surface area contributed by atoms with Gasteiger partial charge in [0.05, 0.1) is 16.2 Å². The van der Waals surface area contributed by atoms with Gasteiger partial charge in [-0.25, -0.2) is 4.98 Å². The normalized spacial score (nSPS) is 15.9. The summed E-state index contributed by atoms with van der Waals surface area (Å²) in [6.07, 6.45) is 0.921. The first kappa shape index (κ1) is 14.7. The quantitative estimate of drug-likeness (QED) is 0.858. The number of hydrogen-bond acceptors (Lipinski definition) is 3. The van der Waals surface area contributed by atoms with Crippen molar-refractivity contribution in [2.75, 3.05) is 0 Å². The van der Waals surface area contributed by atoms with Crippen LogP contribution < -0.4 is 5.73 Å². The number of nitrogens with zero attached hydrogens (tertiary/aromatic N) is 1. The van der Waals surface area contributed by atoms with Gasteiger partial charge < -0.3 is 5.73 Å². The van der Waals surface area contributed by atoms with E-state index in [2.05, 4.69) is 46.9 Å². The standard InChI is InChI=1S/C14H26N2S/c1-7-14(6,15)11-8-17-13(16-11)12(9(2)3)10(4)5/h8-10,12H,7,15H2,1-6H3. The molecule has 0 radical (unpaired) electrons. The molecule has 0 bridgehead atoms. The maximum absolute atomic E-state index is 6.25. The first-order valence-electron chi connectivity index (χ1n) is 6.54. The van der Waals surface area contributed by atoms with Crippen molar-refractivity contribution in [3.8, 4) is 0 Å². The summed E-state index contributed by atoms with van der Waals surface area (Å²) in [7, 11) is 0. The third-order valence-electron chi connectivity index (χ3n) is 3.56. The first-order valence-corrected chi connectivity index (χ1v) is 7.42. The molecule has 0 saturated carbocycles. The van der Waals surface area contributed by atoms with Crippen LogP contribution in [0.25, 0.3) is 0 Å². The second-order valence-corrected chi connectivity index (χ2v) is 6.75. The average Bonchev–Trinajstić information content (AvgIpc) is 2.66. The summed E-state index contributed by atoms with van der Waals surface area (Å²) in [5, 5.41) is 3.38. The summed E-state index contributed by atoms with van der Waals surface area (Å²) in [5.41, 5.74) is 7.01. The molecule has 0 fully saturated rings. The Labute approximate surface area is 110 Å². The van der Waals surface area contributed by atoms with Crippen LogP contribution in [0.15, 0.2) is 5.38 Å². The number of thiazole rings is 1. The molecule has 0 aliphatic carbocycles. The lowest BCUT2D eigenvalue weighted by Crippen LogP contribution is -2.32. The van der Waals surface area contributed by atoms with Crippen LogP contribution in [-0.2, 0) is 5.54 Å². The summed E-state index contributed by atoms with van der Waals surface area (Å²) in [6, 6.07) is 0. The maximum atomic E-state index is 6.25. The van der Waals surface area contributed by atoms with Crippen LogP contribution in [0.2, 0.25) is 0 Å². The zero-order chi connectivity index (χ0) is 13.2. The summed E-state index contributed by atoms with van der Waals surface area (Å²) in [5.74, 6) is 1.79. The third kappa shape index (κ3) is 3.29. The number of rotatable bonds is 5. The Hall–Kier alpha value is -0.410. The second kappa shape index (κ2) is 5.49. The molecule has 0 aromatic carbocycles. The number of aromatic nitrogens is 1. The molecule has 1 heterocycles. The van der Waals surface area contributed by atoms with Crippen molar-refractivity contribution in [1.82, 2.24) is 4.98 Å². The monoisotopic (exact) mass is 254 g/mol. The fourth-order valence-electron chi connectivity index (χ4n) is 2.22. The Morgan fingerprint density at radius 1 is 1.29 bits per heavy atom. The molecule has 0 spiro atoms. The highest BCUT2D eigenvalue weighted by molar-refractivity contribution is 7.09. The van der Waals surface area contributed by atoms with Crippen LogP contribution in [0.5, 0.6) is 0 Å². The van der Waals surface area contributed by atoms with E-state index in [0.29, 0.717) is 17.8 Å². The van der Waals surface area contributed by atoms with E-state index in [1.54, 1.807) is 11.3 Å². The zero-order valence-electron chi connectivity index (χ0n) is 11.9.